The van der Waals surface area contributed by atoms with Crippen molar-refractivity contribution in [3.05, 3.63) is 5.82 Å². The number of nitrogen functional groups attached to an aromatic ring is 1. The van der Waals surface area contributed by atoms with Crippen molar-refractivity contribution in [3.63, 3.8) is 0 Å². The van der Waals surface area contributed by atoms with E-state index in [4.69, 9.17) is 5.73 Å². The Morgan fingerprint density at radius 1 is 1.36 bits per heavy atom. The topological polar surface area (TPSA) is 68.8 Å². The minimum absolute atomic E-state index is 0. The Bertz CT molecular complexity index is 292. The van der Waals surface area contributed by atoms with Crippen molar-refractivity contribution in [1.29, 1.82) is 0 Å². The van der Waals surface area contributed by atoms with Crippen LogP contribution in [-0.2, 0) is 7.05 Å². The maximum atomic E-state index is 5.62. The number of nitrogens with two attached hydrogens (primary N) is 1. The quantitative estimate of drug-likeness (QED) is 0.710. The second-order valence-electron chi connectivity index (χ2n) is 3.50. The highest BCUT2D eigenvalue weighted by molar-refractivity contribution is 5.85. The molecule has 2 rings (SSSR count). The van der Waals surface area contributed by atoms with Gasteiger partial charge in [-0.3, -0.25) is 0 Å². The molecule has 0 spiro atoms. The van der Waals surface area contributed by atoms with Gasteiger partial charge in [-0.25, -0.2) is 0 Å². The number of aromatic nitrogens is 3. The molecule has 0 aromatic carbocycles. The minimum Gasteiger partial charge on any atom is -0.368 e. The van der Waals surface area contributed by atoms with Gasteiger partial charge in [0.1, 0.15) is 5.82 Å². The molecule has 80 valence electrons. The summed E-state index contributed by atoms with van der Waals surface area (Å²) < 4.78 is 1.88. The molecule has 0 saturated carbocycles. The average molecular weight is 218 g/mol. The fraction of sp³-hybridized carbons (Fsp3) is 0.750. The highest BCUT2D eigenvalue weighted by Gasteiger charge is 2.20. The molecule has 1 aromatic heterocycles. The lowest BCUT2D eigenvalue weighted by Gasteiger charge is -2.21. The largest absolute Gasteiger partial charge is 0.368 e. The summed E-state index contributed by atoms with van der Waals surface area (Å²) >= 11 is 0. The Morgan fingerprint density at radius 3 is 2.50 bits per heavy atom. The predicted molar refractivity (Wildman–Crippen MR) is 57.5 cm³/mol. The molecule has 1 aromatic rings. The Morgan fingerprint density at radius 2 is 2.00 bits per heavy atom. The van der Waals surface area contributed by atoms with Crippen molar-refractivity contribution >= 4 is 18.4 Å². The number of rotatable bonds is 1. The van der Waals surface area contributed by atoms with Gasteiger partial charge in [-0.2, -0.15) is 0 Å². The second-order valence-corrected chi connectivity index (χ2v) is 3.50. The summed E-state index contributed by atoms with van der Waals surface area (Å²) in [7, 11) is 1.92. The molecule has 3 N–H and O–H groups in total. The Hall–Kier alpha value is -0.810. The molecule has 0 atom stereocenters. The molecule has 1 aliphatic heterocycles. The Kier molecular flexibility index (Phi) is 3.71. The van der Waals surface area contributed by atoms with E-state index in [2.05, 4.69) is 15.5 Å². The van der Waals surface area contributed by atoms with Crippen LogP contribution in [-0.4, -0.2) is 27.9 Å². The summed E-state index contributed by atoms with van der Waals surface area (Å²) in [6, 6.07) is 0. The van der Waals surface area contributed by atoms with Gasteiger partial charge in [-0.15, -0.1) is 22.6 Å². The number of hydrogen-bond donors (Lipinski definition) is 2. The lowest BCUT2D eigenvalue weighted by atomic mass is 9.97. The molecule has 1 saturated heterocycles. The molecule has 1 fully saturated rings. The van der Waals surface area contributed by atoms with Gasteiger partial charge in [0.25, 0.3) is 0 Å². The number of anilines is 1. The molecular formula is C8H16ClN5. The van der Waals surface area contributed by atoms with E-state index in [0.717, 1.165) is 31.8 Å². The summed E-state index contributed by atoms with van der Waals surface area (Å²) in [5, 5.41) is 11.3. The number of halogens is 1. The first-order valence-corrected chi connectivity index (χ1v) is 4.64. The second kappa shape index (κ2) is 4.61. The van der Waals surface area contributed by atoms with E-state index >= 15 is 0 Å². The number of nitrogens with zero attached hydrogens (tertiary/aromatic N) is 3. The van der Waals surface area contributed by atoms with E-state index in [9.17, 15) is 0 Å². The van der Waals surface area contributed by atoms with Crippen molar-refractivity contribution in [2.45, 2.75) is 18.8 Å². The van der Waals surface area contributed by atoms with Crippen molar-refractivity contribution in [2.24, 2.45) is 7.05 Å². The molecule has 5 nitrogen and oxygen atoms in total. The molecule has 0 bridgehead atoms. The first-order valence-electron chi connectivity index (χ1n) is 4.64. The van der Waals surface area contributed by atoms with Gasteiger partial charge in [0.05, 0.1) is 0 Å². The van der Waals surface area contributed by atoms with Crippen LogP contribution < -0.4 is 11.1 Å². The molecule has 6 heteroatoms. The van der Waals surface area contributed by atoms with Gasteiger partial charge in [0.15, 0.2) is 0 Å². The lowest BCUT2D eigenvalue weighted by Crippen LogP contribution is -2.27. The van der Waals surface area contributed by atoms with E-state index in [0.29, 0.717) is 11.9 Å². The van der Waals surface area contributed by atoms with Crippen LogP contribution in [0.25, 0.3) is 0 Å². The lowest BCUT2D eigenvalue weighted by molar-refractivity contribution is 0.437. The predicted octanol–water partition coefficient (Wildman–Crippen LogP) is 0.286. The molecular weight excluding hydrogens is 202 g/mol. The summed E-state index contributed by atoms with van der Waals surface area (Å²) in [6.45, 7) is 2.13. The van der Waals surface area contributed by atoms with Gasteiger partial charge in [-0.1, -0.05) is 0 Å². The highest BCUT2D eigenvalue weighted by atomic mass is 35.5. The van der Waals surface area contributed by atoms with Gasteiger partial charge >= 0.3 is 0 Å². The van der Waals surface area contributed by atoms with Crippen molar-refractivity contribution < 1.29 is 0 Å². The van der Waals surface area contributed by atoms with Crippen molar-refractivity contribution in [3.8, 4) is 0 Å². The van der Waals surface area contributed by atoms with Crippen molar-refractivity contribution in [1.82, 2.24) is 20.1 Å². The number of nitrogens with one attached hydrogen (secondary N) is 1. The fourth-order valence-electron chi connectivity index (χ4n) is 1.79. The van der Waals surface area contributed by atoms with Gasteiger partial charge < -0.3 is 15.6 Å². The van der Waals surface area contributed by atoms with Crippen LogP contribution in [0.4, 0.5) is 5.95 Å². The summed E-state index contributed by atoms with van der Waals surface area (Å²) in [4.78, 5) is 0. The zero-order valence-electron chi connectivity index (χ0n) is 8.23. The highest BCUT2D eigenvalue weighted by Crippen LogP contribution is 2.23. The Balaban J connectivity index is 0.000000980. The van der Waals surface area contributed by atoms with E-state index in [-0.39, 0.29) is 12.4 Å². The average Bonchev–Trinajstić information content (AvgIpc) is 2.49. The zero-order valence-corrected chi connectivity index (χ0v) is 9.05. The van der Waals surface area contributed by atoms with Crippen LogP contribution in [0.1, 0.15) is 24.6 Å². The zero-order chi connectivity index (χ0) is 9.26. The van der Waals surface area contributed by atoms with Crippen LogP contribution in [0.2, 0.25) is 0 Å². The van der Waals surface area contributed by atoms with Crippen molar-refractivity contribution in [2.75, 3.05) is 18.8 Å². The molecule has 2 heterocycles. The van der Waals surface area contributed by atoms with Gasteiger partial charge in [0.2, 0.25) is 5.95 Å². The van der Waals surface area contributed by atoms with Crippen LogP contribution in [0.3, 0.4) is 0 Å². The summed E-state index contributed by atoms with van der Waals surface area (Å²) in [5.41, 5.74) is 5.62. The van der Waals surface area contributed by atoms with Crippen LogP contribution in [0.15, 0.2) is 0 Å². The molecule has 0 amide bonds. The summed E-state index contributed by atoms with van der Waals surface area (Å²) in [5.74, 6) is 2.06. The third-order valence-electron chi connectivity index (χ3n) is 2.65. The van der Waals surface area contributed by atoms with E-state index in [1.54, 1.807) is 0 Å². The van der Waals surface area contributed by atoms with Crippen LogP contribution in [0, 0.1) is 0 Å². The normalized spacial score (nSPS) is 17.8. The standard InChI is InChI=1S/C8H15N5.ClH/c1-13-7(11-12-8(13)9)6-2-4-10-5-3-6;/h6,10H,2-5H2,1H3,(H2,9,12);1H. The van der Waals surface area contributed by atoms with Crippen LogP contribution in [0.5, 0.6) is 0 Å². The van der Waals surface area contributed by atoms with E-state index in [1.807, 2.05) is 11.6 Å². The SMILES string of the molecule is Cl.Cn1c(N)nnc1C1CCNCC1. The molecule has 14 heavy (non-hydrogen) atoms. The third-order valence-corrected chi connectivity index (χ3v) is 2.65. The Labute approximate surface area is 89.5 Å². The van der Waals surface area contributed by atoms with Crippen LogP contribution >= 0.6 is 12.4 Å². The monoisotopic (exact) mass is 217 g/mol. The van der Waals surface area contributed by atoms with Gasteiger partial charge in [-0.05, 0) is 25.9 Å². The smallest absolute Gasteiger partial charge is 0.221 e. The third kappa shape index (κ3) is 1.99. The number of hydrogen-bond acceptors (Lipinski definition) is 4. The first kappa shape index (κ1) is 11.3. The van der Waals surface area contributed by atoms with E-state index < -0.39 is 0 Å². The van der Waals surface area contributed by atoms with E-state index in [1.165, 1.54) is 0 Å². The maximum absolute atomic E-state index is 5.62. The molecule has 0 radical (unpaired) electrons. The first-order chi connectivity index (χ1) is 6.29. The molecule has 0 unspecified atom stereocenters. The fourth-order valence-corrected chi connectivity index (χ4v) is 1.79. The maximum Gasteiger partial charge on any atom is 0.221 e. The number of piperidine rings is 1. The molecule has 0 aliphatic carbocycles. The minimum atomic E-state index is 0. The molecule has 1 aliphatic rings. The summed E-state index contributed by atoms with van der Waals surface area (Å²) in [6.07, 6.45) is 2.26. The van der Waals surface area contributed by atoms with Gasteiger partial charge in [0, 0.05) is 13.0 Å².